The molecule has 2 rings (SSSR count). The maximum absolute atomic E-state index is 12.0. The molecule has 18 heavy (non-hydrogen) atoms. The minimum absolute atomic E-state index is 0.296. The van der Waals surface area contributed by atoms with Crippen LogP contribution in [0.15, 0.2) is 0 Å². The highest BCUT2D eigenvalue weighted by molar-refractivity contribution is 8.00. The number of rotatable bonds is 4. The van der Waals surface area contributed by atoms with Crippen LogP contribution < -0.4 is 5.73 Å². The molecule has 104 valence electrons. The third kappa shape index (κ3) is 3.64. The van der Waals surface area contributed by atoms with E-state index in [-0.39, 0.29) is 0 Å². The number of likely N-dealkylation sites (tertiary alicyclic amines) is 1. The van der Waals surface area contributed by atoms with Gasteiger partial charge in [-0.05, 0) is 38.0 Å². The molecule has 0 aromatic heterocycles. The summed E-state index contributed by atoms with van der Waals surface area (Å²) in [6.45, 7) is 4.19. The van der Waals surface area contributed by atoms with E-state index in [4.69, 9.17) is 5.73 Å². The van der Waals surface area contributed by atoms with E-state index >= 15 is 0 Å². The molecule has 1 saturated heterocycles. The molecule has 0 radical (unpaired) electrons. The Labute approximate surface area is 115 Å². The van der Waals surface area contributed by atoms with Crippen molar-refractivity contribution in [3.05, 3.63) is 0 Å². The summed E-state index contributed by atoms with van der Waals surface area (Å²) in [7, 11) is 0. The number of hydrogen-bond donors (Lipinski definition) is 1. The van der Waals surface area contributed by atoms with E-state index in [0.717, 1.165) is 25.4 Å². The van der Waals surface area contributed by atoms with Gasteiger partial charge in [-0.3, -0.25) is 4.79 Å². The van der Waals surface area contributed by atoms with Crippen LogP contribution in [0.5, 0.6) is 0 Å². The molecule has 1 aliphatic carbocycles. The highest BCUT2D eigenvalue weighted by atomic mass is 32.2. The molecule has 1 amide bonds. The molecule has 3 unspecified atom stereocenters. The molecule has 0 bridgehead atoms. The maximum atomic E-state index is 12.0. The summed E-state index contributed by atoms with van der Waals surface area (Å²) >= 11 is 1.80. The van der Waals surface area contributed by atoms with Crippen LogP contribution in [0, 0.1) is 5.92 Å². The SMILES string of the molecule is CCC1CCC(N)C(SCC(=O)N2CCCC2)C1. The van der Waals surface area contributed by atoms with Crippen LogP contribution >= 0.6 is 11.8 Å². The van der Waals surface area contributed by atoms with Crippen molar-refractivity contribution in [3.8, 4) is 0 Å². The van der Waals surface area contributed by atoms with Gasteiger partial charge >= 0.3 is 0 Å². The van der Waals surface area contributed by atoms with Crippen LogP contribution in [-0.2, 0) is 4.79 Å². The third-order valence-electron chi connectivity index (χ3n) is 4.41. The molecule has 2 N–H and O–H groups in total. The van der Waals surface area contributed by atoms with Crippen LogP contribution in [0.2, 0.25) is 0 Å². The number of hydrogen-bond acceptors (Lipinski definition) is 3. The lowest BCUT2D eigenvalue weighted by molar-refractivity contribution is -0.127. The van der Waals surface area contributed by atoms with Gasteiger partial charge in [-0.25, -0.2) is 0 Å². The summed E-state index contributed by atoms with van der Waals surface area (Å²) in [5.74, 6) is 1.78. The largest absolute Gasteiger partial charge is 0.342 e. The molecule has 2 fully saturated rings. The van der Waals surface area contributed by atoms with Gasteiger partial charge in [-0.15, -0.1) is 11.8 Å². The lowest BCUT2D eigenvalue weighted by Gasteiger charge is -2.33. The highest BCUT2D eigenvalue weighted by Crippen LogP contribution is 2.33. The molecular formula is C14H26N2OS. The highest BCUT2D eigenvalue weighted by Gasteiger charge is 2.29. The summed E-state index contributed by atoms with van der Waals surface area (Å²) in [5.41, 5.74) is 6.19. The Hall–Kier alpha value is -0.220. The van der Waals surface area contributed by atoms with Gasteiger partial charge in [0.05, 0.1) is 5.75 Å². The first-order valence-electron chi connectivity index (χ1n) is 7.35. The van der Waals surface area contributed by atoms with Gasteiger partial charge in [0.2, 0.25) is 5.91 Å². The lowest BCUT2D eigenvalue weighted by atomic mass is 9.84. The van der Waals surface area contributed by atoms with Crippen molar-refractivity contribution < 1.29 is 4.79 Å². The first kappa shape index (κ1) is 14.2. The third-order valence-corrected chi connectivity index (χ3v) is 5.79. The van der Waals surface area contributed by atoms with Crippen LogP contribution in [-0.4, -0.2) is 40.9 Å². The smallest absolute Gasteiger partial charge is 0.232 e. The number of amides is 1. The van der Waals surface area contributed by atoms with Gasteiger partial charge in [-0.2, -0.15) is 0 Å². The van der Waals surface area contributed by atoms with Crippen molar-refractivity contribution in [1.29, 1.82) is 0 Å². The fourth-order valence-electron chi connectivity index (χ4n) is 3.03. The van der Waals surface area contributed by atoms with E-state index in [9.17, 15) is 4.79 Å². The first-order valence-corrected chi connectivity index (χ1v) is 8.40. The Morgan fingerprint density at radius 3 is 2.72 bits per heavy atom. The van der Waals surface area contributed by atoms with Crippen LogP contribution in [0.4, 0.5) is 0 Å². The number of nitrogens with zero attached hydrogens (tertiary/aromatic N) is 1. The number of carbonyl (C=O) groups is 1. The Kier molecular flexibility index (Phi) is 5.37. The summed E-state index contributed by atoms with van der Waals surface area (Å²) in [6.07, 6.45) is 7.22. The van der Waals surface area contributed by atoms with E-state index in [2.05, 4.69) is 6.92 Å². The molecule has 3 atom stereocenters. The van der Waals surface area contributed by atoms with E-state index in [1.54, 1.807) is 11.8 Å². The summed E-state index contributed by atoms with van der Waals surface area (Å²) < 4.78 is 0. The minimum Gasteiger partial charge on any atom is -0.342 e. The Morgan fingerprint density at radius 1 is 1.33 bits per heavy atom. The van der Waals surface area contributed by atoms with E-state index < -0.39 is 0 Å². The standard InChI is InChI=1S/C14H26N2OS/c1-2-11-5-6-12(15)13(9-11)18-10-14(17)16-7-3-4-8-16/h11-13H,2-10,15H2,1H3. The van der Waals surface area contributed by atoms with Crippen molar-refractivity contribution in [2.75, 3.05) is 18.8 Å². The predicted octanol–water partition coefficient (Wildman–Crippen LogP) is 2.25. The van der Waals surface area contributed by atoms with E-state index in [0.29, 0.717) is 23.0 Å². The van der Waals surface area contributed by atoms with Crippen LogP contribution in [0.1, 0.15) is 45.4 Å². The first-order chi connectivity index (χ1) is 8.70. The maximum Gasteiger partial charge on any atom is 0.232 e. The zero-order valence-corrected chi connectivity index (χ0v) is 12.3. The Bertz CT molecular complexity index is 279. The Balaban J connectivity index is 1.75. The fraction of sp³-hybridized carbons (Fsp3) is 0.929. The molecule has 4 heteroatoms. The second kappa shape index (κ2) is 6.80. The summed E-state index contributed by atoms with van der Waals surface area (Å²) in [5, 5.41) is 0.496. The molecule has 1 saturated carbocycles. The number of nitrogens with two attached hydrogens (primary N) is 1. The second-order valence-electron chi connectivity index (χ2n) is 5.69. The average Bonchev–Trinajstić information content (AvgIpc) is 2.91. The van der Waals surface area contributed by atoms with Gasteiger partial charge in [0.1, 0.15) is 0 Å². The van der Waals surface area contributed by atoms with Gasteiger partial charge in [0, 0.05) is 24.4 Å². The van der Waals surface area contributed by atoms with Gasteiger partial charge in [0.15, 0.2) is 0 Å². The van der Waals surface area contributed by atoms with Crippen molar-refractivity contribution in [3.63, 3.8) is 0 Å². The predicted molar refractivity (Wildman–Crippen MR) is 77.7 cm³/mol. The van der Waals surface area contributed by atoms with Crippen LogP contribution in [0.3, 0.4) is 0 Å². The molecule has 3 nitrogen and oxygen atoms in total. The number of thioether (sulfide) groups is 1. The quantitative estimate of drug-likeness (QED) is 0.852. The molecule has 1 heterocycles. The Morgan fingerprint density at radius 2 is 2.06 bits per heavy atom. The summed E-state index contributed by atoms with van der Waals surface area (Å²) in [6, 6.07) is 0.296. The molecular weight excluding hydrogens is 244 g/mol. The van der Waals surface area contributed by atoms with Crippen molar-refractivity contribution in [2.24, 2.45) is 11.7 Å². The molecule has 0 spiro atoms. The van der Waals surface area contributed by atoms with Crippen molar-refractivity contribution in [1.82, 2.24) is 4.90 Å². The van der Waals surface area contributed by atoms with Crippen LogP contribution in [0.25, 0.3) is 0 Å². The van der Waals surface area contributed by atoms with Gasteiger partial charge < -0.3 is 10.6 Å². The normalized spacial score (nSPS) is 32.8. The molecule has 1 aliphatic heterocycles. The second-order valence-corrected chi connectivity index (χ2v) is 6.92. The summed E-state index contributed by atoms with van der Waals surface area (Å²) in [4.78, 5) is 14.0. The van der Waals surface area contributed by atoms with Gasteiger partial charge in [-0.1, -0.05) is 13.3 Å². The average molecular weight is 270 g/mol. The monoisotopic (exact) mass is 270 g/mol. The van der Waals surface area contributed by atoms with Gasteiger partial charge in [0.25, 0.3) is 0 Å². The molecule has 0 aromatic rings. The number of carbonyl (C=O) groups excluding carboxylic acids is 1. The molecule has 2 aliphatic rings. The topological polar surface area (TPSA) is 46.3 Å². The van der Waals surface area contributed by atoms with Crippen molar-refractivity contribution in [2.45, 2.75) is 56.7 Å². The van der Waals surface area contributed by atoms with E-state index in [1.807, 2.05) is 4.90 Å². The zero-order chi connectivity index (χ0) is 13.0. The van der Waals surface area contributed by atoms with Crippen molar-refractivity contribution >= 4 is 17.7 Å². The zero-order valence-electron chi connectivity index (χ0n) is 11.4. The molecule has 0 aromatic carbocycles. The fourth-order valence-corrected chi connectivity index (χ4v) is 4.36. The minimum atomic E-state index is 0.296. The van der Waals surface area contributed by atoms with E-state index in [1.165, 1.54) is 32.1 Å². The lowest BCUT2D eigenvalue weighted by Crippen LogP contribution is -2.39.